The molecule has 1 saturated heterocycles. The highest BCUT2D eigenvalue weighted by atomic mass is 32.2. The van der Waals surface area contributed by atoms with Gasteiger partial charge in [-0.25, -0.2) is 8.96 Å². The Labute approximate surface area is 237 Å². The topological polar surface area (TPSA) is 190 Å². The van der Waals surface area contributed by atoms with Crippen molar-refractivity contribution in [1.29, 1.82) is 0 Å². The Morgan fingerprint density at radius 1 is 1.40 bits per heavy atom. The number of carboxylic acids is 1. The fraction of sp³-hybridized carbons (Fsp3) is 0.381. The summed E-state index contributed by atoms with van der Waals surface area (Å²) >= 11 is 3.52. The van der Waals surface area contributed by atoms with Crippen molar-refractivity contribution in [3.63, 3.8) is 0 Å². The van der Waals surface area contributed by atoms with E-state index in [4.69, 9.17) is 15.2 Å². The lowest BCUT2D eigenvalue weighted by atomic mass is 10.0. The van der Waals surface area contributed by atoms with Gasteiger partial charge in [0.2, 0.25) is 16.4 Å². The number of ether oxygens (including phenoxy) is 2. The number of carbonyl (C=O) groups is 3. The maximum Gasteiger partial charge on any atom is 0.320 e. The number of hydrogen-bond donors (Lipinski definition) is 2. The van der Waals surface area contributed by atoms with E-state index in [9.17, 15) is 23.9 Å². The summed E-state index contributed by atoms with van der Waals surface area (Å²) in [5.74, 6) is -2.49. The maximum atomic E-state index is 13.1. The fourth-order valence-corrected chi connectivity index (χ4v) is 6.95. The zero-order valence-electron chi connectivity index (χ0n) is 20.8. The number of thiazole rings is 1. The highest BCUT2D eigenvalue weighted by molar-refractivity contribution is 8.00. The lowest BCUT2D eigenvalue weighted by molar-refractivity contribution is -0.702. The second-order valence-corrected chi connectivity index (χ2v) is 11.1. The van der Waals surface area contributed by atoms with Crippen molar-refractivity contribution < 1.29 is 42.8 Å². The average Bonchev–Trinajstić information content (AvgIpc) is 3.65. The third kappa shape index (κ3) is 4.89. The van der Waals surface area contributed by atoms with Crippen molar-refractivity contribution >= 4 is 68.1 Å². The van der Waals surface area contributed by atoms with Crippen LogP contribution in [-0.4, -0.2) is 80.4 Å². The van der Waals surface area contributed by atoms with Gasteiger partial charge in [0.15, 0.2) is 5.13 Å². The van der Waals surface area contributed by atoms with Crippen molar-refractivity contribution in [1.82, 2.24) is 24.0 Å². The number of rotatable bonds is 11. The summed E-state index contributed by atoms with van der Waals surface area (Å²) in [6, 6.07) is -1.10. The number of anilines is 1. The SMILES string of the molecule is COC(OC)c1n2ccsc2c[n+]1CC1=C(C(=O)[O-])N2C(=O)[C@@H](NC(=O)/C(=N\OCF)c3nsc(N)n3)[C@H]2SC1. The Balaban J connectivity index is 1.40. The number of hydrogen-bond acceptors (Lipinski definition) is 14. The number of nitrogens with zero attached hydrogens (tertiary/aromatic N) is 6. The van der Waals surface area contributed by atoms with Crippen molar-refractivity contribution in [2.75, 3.05) is 32.6 Å². The van der Waals surface area contributed by atoms with Crippen LogP contribution in [-0.2, 0) is 35.2 Å². The predicted octanol–water partition coefficient (Wildman–Crippen LogP) is -1.23. The molecule has 15 nitrogen and oxygen atoms in total. The van der Waals surface area contributed by atoms with Crippen LogP contribution in [0.25, 0.3) is 4.83 Å². The standard InChI is InChI=1S/C21H21FN8O7S3/c1-35-20(36-2)16-28(6-10-29(16)3-4-38-10)5-9-7-39-18-12(17(32)30(18)13(9)19(33)34)24-15(31)11(26-37-8-22)14-25-21(23)40-27-14/h3-4,6,12,18,20H,5,7-8H2,1-2H3,(H3-,23,24,25,27,31,33,34)/b26-11-/t12-,18-/m1/s1. The Bertz CT molecular complexity index is 1530. The van der Waals surface area contributed by atoms with Gasteiger partial charge in [-0.05, 0) is 0 Å². The maximum absolute atomic E-state index is 13.1. The molecule has 2 atom stereocenters. The summed E-state index contributed by atoms with van der Waals surface area (Å²) in [6.45, 7) is -1.20. The lowest BCUT2D eigenvalue weighted by Gasteiger charge is -2.50. The number of β-lactam (4-membered cyclic amide) rings is 1. The molecular formula is C21H21FN8O7S3. The van der Waals surface area contributed by atoms with Gasteiger partial charge < -0.3 is 35.3 Å². The van der Waals surface area contributed by atoms with Gasteiger partial charge in [-0.15, -0.1) is 11.8 Å². The minimum atomic E-state index is -1.53. The summed E-state index contributed by atoms with van der Waals surface area (Å²) in [7, 11) is 2.98. The molecule has 0 bridgehead atoms. The van der Waals surface area contributed by atoms with Crippen molar-refractivity contribution in [3.8, 4) is 0 Å². The molecule has 0 radical (unpaired) electrons. The number of carbonyl (C=O) groups excluding carboxylic acids is 3. The van der Waals surface area contributed by atoms with Crippen molar-refractivity contribution in [3.05, 3.63) is 40.7 Å². The molecule has 3 aromatic heterocycles. The molecule has 2 amide bonds. The van der Waals surface area contributed by atoms with Gasteiger partial charge in [-0.2, -0.15) is 13.8 Å². The monoisotopic (exact) mass is 612 g/mol. The second kappa shape index (κ2) is 11.5. The number of aromatic nitrogens is 4. The molecule has 0 aromatic carbocycles. The van der Waals surface area contributed by atoms with E-state index in [1.165, 1.54) is 37.3 Å². The number of methoxy groups -OCH3 is 2. The predicted molar refractivity (Wildman–Crippen MR) is 137 cm³/mol. The summed E-state index contributed by atoms with van der Waals surface area (Å²) in [4.78, 5) is 48.5. The number of thioether (sulfide) groups is 1. The molecular weight excluding hydrogens is 591 g/mol. The number of alkyl halides is 1. The number of oxime groups is 1. The minimum Gasteiger partial charge on any atom is -0.543 e. The van der Waals surface area contributed by atoms with Crippen molar-refractivity contribution in [2.45, 2.75) is 24.3 Å². The van der Waals surface area contributed by atoms with Gasteiger partial charge in [0.05, 0.1) is 11.7 Å². The minimum absolute atomic E-state index is 0.0344. The molecule has 19 heteroatoms. The van der Waals surface area contributed by atoms with Crippen LogP contribution in [0, 0.1) is 0 Å². The van der Waals surface area contributed by atoms with E-state index in [0.717, 1.165) is 21.3 Å². The zero-order valence-corrected chi connectivity index (χ0v) is 23.3. The van der Waals surface area contributed by atoms with Crippen molar-refractivity contribution in [2.24, 2.45) is 5.16 Å². The molecule has 3 aromatic rings. The molecule has 2 aliphatic rings. The number of halogens is 1. The Morgan fingerprint density at radius 3 is 2.83 bits per heavy atom. The molecule has 1 fully saturated rings. The number of nitrogen functional groups attached to an aromatic ring is 1. The molecule has 5 heterocycles. The number of nitrogens with one attached hydrogen (secondary N) is 1. The van der Waals surface area contributed by atoms with Gasteiger partial charge in [0.25, 0.3) is 25.0 Å². The van der Waals surface area contributed by atoms with Crippen LogP contribution < -0.4 is 20.7 Å². The molecule has 0 aliphatic carbocycles. The first kappa shape index (κ1) is 27.9. The largest absolute Gasteiger partial charge is 0.543 e. The Morgan fingerprint density at radius 2 is 2.17 bits per heavy atom. The third-order valence-corrected chi connectivity index (χ3v) is 8.73. The smallest absolute Gasteiger partial charge is 0.320 e. The third-order valence-electron chi connectivity index (χ3n) is 6.04. The Hall–Kier alpha value is -3.65. The number of carboxylic acid groups (broad SMARTS) is 1. The van der Waals surface area contributed by atoms with E-state index >= 15 is 0 Å². The van der Waals surface area contributed by atoms with Crippen LogP contribution in [0.3, 0.4) is 0 Å². The van der Waals surface area contributed by atoms with E-state index in [1.807, 2.05) is 22.2 Å². The molecule has 0 saturated carbocycles. The normalized spacial score (nSPS) is 19.2. The summed E-state index contributed by atoms with van der Waals surface area (Å²) in [6.07, 6.45) is 2.94. The first-order valence-electron chi connectivity index (χ1n) is 11.4. The molecule has 0 unspecified atom stereocenters. The van der Waals surface area contributed by atoms with Gasteiger partial charge in [0, 0.05) is 42.5 Å². The zero-order chi connectivity index (χ0) is 28.6. The number of fused-ring (bicyclic) bond motifs is 2. The van der Waals surface area contributed by atoms with Gasteiger partial charge >= 0.3 is 5.82 Å². The van der Waals surface area contributed by atoms with Crippen LogP contribution in [0.1, 0.15) is 17.9 Å². The lowest BCUT2D eigenvalue weighted by Crippen LogP contribution is -2.71. The molecule has 2 aliphatic heterocycles. The number of amides is 2. The van der Waals surface area contributed by atoms with Crippen LogP contribution >= 0.6 is 34.6 Å². The van der Waals surface area contributed by atoms with E-state index in [2.05, 4.69) is 24.7 Å². The highest BCUT2D eigenvalue weighted by Gasteiger charge is 2.53. The number of nitrogens with two attached hydrogens (primary N) is 1. The summed E-state index contributed by atoms with van der Waals surface area (Å²) in [5, 5.41) is 19.3. The summed E-state index contributed by atoms with van der Waals surface area (Å²) < 4.78 is 31.0. The van der Waals surface area contributed by atoms with E-state index in [1.54, 1.807) is 4.57 Å². The molecule has 0 spiro atoms. The van der Waals surface area contributed by atoms with Gasteiger partial charge in [-0.3, -0.25) is 14.5 Å². The van der Waals surface area contributed by atoms with Gasteiger partial charge in [-0.1, -0.05) is 16.5 Å². The Kier molecular flexibility index (Phi) is 7.99. The first-order valence-corrected chi connectivity index (χ1v) is 14.1. The average molecular weight is 613 g/mol. The van der Waals surface area contributed by atoms with Crippen LogP contribution in [0.5, 0.6) is 0 Å². The van der Waals surface area contributed by atoms with Crippen LogP contribution in [0.4, 0.5) is 9.52 Å². The number of imidazole rings is 1. The molecule has 5 rings (SSSR count). The molecule has 3 N–H and O–H groups in total. The highest BCUT2D eigenvalue weighted by Crippen LogP contribution is 2.40. The van der Waals surface area contributed by atoms with E-state index in [-0.39, 0.29) is 29.0 Å². The summed E-state index contributed by atoms with van der Waals surface area (Å²) in [5.41, 5.74) is 5.22. The quantitative estimate of drug-likeness (QED) is 0.0867. The fourth-order valence-electron chi connectivity index (χ4n) is 4.41. The van der Waals surface area contributed by atoms with Gasteiger partial charge in [0.1, 0.15) is 30.4 Å². The second-order valence-electron chi connectivity index (χ2n) is 8.26. The first-order chi connectivity index (χ1) is 19.3. The number of aliphatic carboxylic acids is 1. The molecule has 212 valence electrons. The molecule has 40 heavy (non-hydrogen) atoms. The van der Waals surface area contributed by atoms with E-state index in [0.29, 0.717) is 11.4 Å². The van der Waals surface area contributed by atoms with Crippen LogP contribution in [0.2, 0.25) is 0 Å². The van der Waals surface area contributed by atoms with E-state index < -0.39 is 48.1 Å². The van der Waals surface area contributed by atoms with Crippen LogP contribution in [0.15, 0.2) is 34.2 Å².